The van der Waals surface area contributed by atoms with E-state index in [1.807, 2.05) is 0 Å². The molecule has 0 radical (unpaired) electrons. The zero-order chi connectivity index (χ0) is 10.7. The number of hydrogen-bond acceptors (Lipinski definition) is 2. The zero-order valence-electron chi connectivity index (χ0n) is 7.51. The third-order valence-corrected chi connectivity index (χ3v) is 1.78. The molecule has 0 fully saturated rings. The predicted molar refractivity (Wildman–Crippen MR) is 48.9 cm³/mol. The number of rotatable bonds is 1. The van der Waals surface area contributed by atoms with Crippen LogP contribution in [0.25, 0.3) is 5.70 Å². The Kier molecular flexibility index (Phi) is 2.82. The van der Waals surface area contributed by atoms with E-state index in [-0.39, 0.29) is 16.8 Å². The molecule has 0 unspecified atom stereocenters. The molecule has 1 rings (SSSR count). The van der Waals surface area contributed by atoms with Gasteiger partial charge in [0.15, 0.2) is 0 Å². The van der Waals surface area contributed by atoms with Crippen molar-refractivity contribution in [3.8, 4) is 6.07 Å². The van der Waals surface area contributed by atoms with E-state index in [4.69, 9.17) is 11.0 Å². The van der Waals surface area contributed by atoms with Gasteiger partial charge in [0, 0.05) is 17.7 Å². The molecule has 0 atom stereocenters. The predicted octanol–water partition coefficient (Wildman–Crippen LogP) is 2.10. The van der Waals surface area contributed by atoms with Gasteiger partial charge in [-0.15, -0.1) is 0 Å². The molecule has 2 N–H and O–H groups in total. The van der Waals surface area contributed by atoms with Crippen molar-refractivity contribution in [3.05, 3.63) is 41.0 Å². The number of hydrogen-bond donors (Lipinski definition) is 1. The normalized spacial score (nSPS) is 11.1. The quantitative estimate of drug-likeness (QED) is 0.696. The molecule has 72 valence electrons. The Morgan fingerprint density at radius 2 is 2.07 bits per heavy atom. The van der Waals surface area contributed by atoms with Crippen LogP contribution in [0.1, 0.15) is 11.1 Å². The van der Waals surface area contributed by atoms with Crippen molar-refractivity contribution >= 4 is 5.70 Å². The standard InChI is InChI=1S/C10H8F2N2/c1-6-4-7(10(14)2-3-13)9(12)5-8(6)11/h2,4-5H,14H2,1H3/b10-2-. The largest absolute Gasteiger partial charge is 0.398 e. The highest BCUT2D eigenvalue weighted by Gasteiger charge is 2.08. The molecule has 4 heteroatoms. The smallest absolute Gasteiger partial charge is 0.135 e. The summed E-state index contributed by atoms with van der Waals surface area (Å²) in [6, 6.07) is 3.70. The number of aryl methyl sites for hydroxylation is 1. The van der Waals surface area contributed by atoms with Crippen molar-refractivity contribution in [2.45, 2.75) is 6.92 Å². The third kappa shape index (κ3) is 1.88. The van der Waals surface area contributed by atoms with E-state index in [2.05, 4.69) is 0 Å². The average Bonchev–Trinajstić information content (AvgIpc) is 2.11. The number of nitrogens with two attached hydrogens (primary N) is 1. The fourth-order valence-electron chi connectivity index (χ4n) is 1.03. The molecular formula is C10H8F2N2. The van der Waals surface area contributed by atoms with E-state index >= 15 is 0 Å². The maximum Gasteiger partial charge on any atom is 0.135 e. The van der Waals surface area contributed by atoms with E-state index in [0.717, 1.165) is 12.1 Å². The molecule has 2 nitrogen and oxygen atoms in total. The lowest BCUT2D eigenvalue weighted by atomic mass is 10.1. The molecule has 0 aliphatic heterocycles. The van der Waals surface area contributed by atoms with Gasteiger partial charge in [0.25, 0.3) is 0 Å². The molecule has 0 spiro atoms. The van der Waals surface area contributed by atoms with Crippen LogP contribution >= 0.6 is 0 Å². The summed E-state index contributed by atoms with van der Waals surface area (Å²) in [6.07, 6.45) is 1.01. The monoisotopic (exact) mass is 194 g/mol. The van der Waals surface area contributed by atoms with E-state index < -0.39 is 11.6 Å². The lowest BCUT2D eigenvalue weighted by Gasteiger charge is -2.04. The molecule has 1 aromatic rings. The molecule has 0 aromatic heterocycles. The van der Waals surface area contributed by atoms with Gasteiger partial charge in [-0.2, -0.15) is 5.26 Å². The second kappa shape index (κ2) is 3.88. The van der Waals surface area contributed by atoms with Gasteiger partial charge < -0.3 is 5.73 Å². The minimum atomic E-state index is -0.767. The van der Waals surface area contributed by atoms with Crippen LogP contribution in [0.2, 0.25) is 0 Å². The van der Waals surface area contributed by atoms with Crippen LogP contribution in [-0.2, 0) is 0 Å². The van der Waals surface area contributed by atoms with Crippen molar-refractivity contribution in [1.82, 2.24) is 0 Å². The average molecular weight is 194 g/mol. The number of benzene rings is 1. The highest BCUT2D eigenvalue weighted by molar-refractivity contribution is 5.65. The van der Waals surface area contributed by atoms with Gasteiger partial charge in [0.1, 0.15) is 11.6 Å². The summed E-state index contributed by atoms with van der Waals surface area (Å²) in [5.74, 6) is -1.40. The summed E-state index contributed by atoms with van der Waals surface area (Å²) in [7, 11) is 0. The van der Waals surface area contributed by atoms with Crippen LogP contribution in [0.3, 0.4) is 0 Å². The van der Waals surface area contributed by atoms with Crippen LogP contribution in [0.15, 0.2) is 18.2 Å². The number of nitriles is 1. The van der Waals surface area contributed by atoms with Crippen molar-refractivity contribution < 1.29 is 8.78 Å². The van der Waals surface area contributed by atoms with Gasteiger partial charge in [0.05, 0.1) is 11.8 Å². The Hall–Kier alpha value is -1.89. The lowest BCUT2D eigenvalue weighted by Crippen LogP contribution is -2.01. The van der Waals surface area contributed by atoms with Crippen molar-refractivity contribution in [2.75, 3.05) is 0 Å². The zero-order valence-corrected chi connectivity index (χ0v) is 7.51. The summed E-state index contributed by atoms with van der Waals surface area (Å²) >= 11 is 0. The molecule has 0 aliphatic carbocycles. The minimum Gasteiger partial charge on any atom is -0.398 e. The molecule has 0 heterocycles. The number of nitrogens with zero attached hydrogens (tertiary/aromatic N) is 1. The first-order valence-corrected chi connectivity index (χ1v) is 3.87. The van der Waals surface area contributed by atoms with Gasteiger partial charge in [0.2, 0.25) is 0 Å². The van der Waals surface area contributed by atoms with E-state index in [9.17, 15) is 8.78 Å². The summed E-state index contributed by atoms with van der Waals surface area (Å²) in [5.41, 5.74) is 5.73. The van der Waals surface area contributed by atoms with Gasteiger partial charge in [-0.25, -0.2) is 8.78 Å². The molecule has 0 bridgehead atoms. The van der Waals surface area contributed by atoms with E-state index in [0.29, 0.717) is 0 Å². The second-order valence-electron chi connectivity index (χ2n) is 2.81. The van der Waals surface area contributed by atoms with Gasteiger partial charge in [-0.05, 0) is 18.6 Å². The topological polar surface area (TPSA) is 49.8 Å². The van der Waals surface area contributed by atoms with Crippen molar-refractivity contribution in [3.63, 3.8) is 0 Å². The van der Waals surface area contributed by atoms with Crippen LogP contribution in [0.5, 0.6) is 0 Å². The van der Waals surface area contributed by atoms with Gasteiger partial charge >= 0.3 is 0 Å². The Morgan fingerprint density at radius 3 is 2.64 bits per heavy atom. The molecule has 14 heavy (non-hydrogen) atoms. The van der Waals surface area contributed by atoms with Crippen molar-refractivity contribution in [2.24, 2.45) is 5.73 Å². The fraction of sp³-hybridized carbons (Fsp3) is 0.100. The highest BCUT2D eigenvalue weighted by Crippen LogP contribution is 2.18. The summed E-state index contributed by atoms with van der Waals surface area (Å²) in [5, 5.41) is 8.31. The molecular weight excluding hydrogens is 186 g/mol. The lowest BCUT2D eigenvalue weighted by molar-refractivity contribution is 0.575. The Bertz CT molecular complexity index is 430. The summed E-state index contributed by atoms with van der Waals surface area (Å²) in [6.45, 7) is 1.50. The Balaban J connectivity index is 3.31. The summed E-state index contributed by atoms with van der Waals surface area (Å²) < 4.78 is 26.0. The Labute approximate surface area is 80.3 Å². The third-order valence-electron chi connectivity index (χ3n) is 1.78. The van der Waals surface area contributed by atoms with E-state index in [1.165, 1.54) is 13.0 Å². The van der Waals surface area contributed by atoms with Gasteiger partial charge in [-0.3, -0.25) is 0 Å². The SMILES string of the molecule is Cc1cc(/C(N)=C/C#N)c(F)cc1F. The minimum absolute atomic E-state index is 0.00639. The van der Waals surface area contributed by atoms with Crippen LogP contribution < -0.4 is 5.73 Å². The fourth-order valence-corrected chi connectivity index (χ4v) is 1.03. The summed E-state index contributed by atoms with van der Waals surface area (Å²) in [4.78, 5) is 0. The van der Waals surface area contributed by atoms with E-state index in [1.54, 1.807) is 6.07 Å². The first kappa shape index (κ1) is 10.2. The van der Waals surface area contributed by atoms with Gasteiger partial charge in [-0.1, -0.05) is 0 Å². The number of allylic oxidation sites excluding steroid dienone is 1. The molecule has 0 amide bonds. The maximum atomic E-state index is 13.1. The molecule has 0 aliphatic rings. The van der Waals surface area contributed by atoms with Crippen LogP contribution in [0.4, 0.5) is 8.78 Å². The molecule has 1 aromatic carbocycles. The number of halogens is 2. The van der Waals surface area contributed by atoms with Crippen LogP contribution in [0, 0.1) is 29.9 Å². The van der Waals surface area contributed by atoms with Crippen molar-refractivity contribution in [1.29, 1.82) is 5.26 Å². The molecule has 0 saturated carbocycles. The second-order valence-corrected chi connectivity index (χ2v) is 2.81. The molecule has 0 saturated heterocycles. The maximum absolute atomic E-state index is 13.1. The first-order chi connectivity index (χ1) is 6.56. The Morgan fingerprint density at radius 1 is 1.43 bits per heavy atom. The first-order valence-electron chi connectivity index (χ1n) is 3.87. The van der Waals surface area contributed by atoms with Crippen LogP contribution in [-0.4, -0.2) is 0 Å². The highest BCUT2D eigenvalue weighted by atomic mass is 19.1.